The predicted molar refractivity (Wildman–Crippen MR) is 77.7 cm³/mol. The third-order valence-electron chi connectivity index (χ3n) is 3.01. The number of rotatable bonds is 3. The van der Waals surface area contributed by atoms with Crippen molar-refractivity contribution in [1.82, 2.24) is 4.98 Å². The molecule has 0 aliphatic heterocycles. The van der Waals surface area contributed by atoms with Gasteiger partial charge in [0, 0.05) is 24.5 Å². The molecular weight excluding hydrogens is 238 g/mol. The second-order valence-corrected chi connectivity index (χ2v) is 4.37. The van der Waals surface area contributed by atoms with Crippen molar-refractivity contribution in [3.05, 3.63) is 53.3 Å². The van der Waals surface area contributed by atoms with Crippen LogP contribution >= 0.6 is 0 Å². The maximum absolute atomic E-state index is 12.2. The molecule has 1 amide bonds. The van der Waals surface area contributed by atoms with E-state index in [1.54, 1.807) is 18.3 Å². The first-order valence-electron chi connectivity index (χ1n) is 6.13. The zero-order valence-electron chi connectivity index (χ0n) is 11.3. The molecule has 2 N–H and O–H groups in total. The first-order valence-corrected chi connectivity index (χ1v) is 6.13. The highest BCUT2D eigenvalue weighted by atomic mass is 16.1. The Morgan fingerprint density at radius 3 is 2.58 bits per heavy atom. The Bertz CT molecular complexity index is 608. The first-order chi connectivity index (χ1) is 9.11. The number of nitrogens with one attached hydrogen (secondary N) is 2. The summed E-state index contributed by atoms with van der Waals surface area (Å²) in [7, 11) is 1.86. The van der Waals surface area contributed by atoms with Gasteiger partial charge in [-0.15, -0.1) is 0 Å². The zero-order chi connectivity index (χ0) is 13.8. The summed E-state index contributed by atoms with van der Waals surface area (Å²) in [5.41, 5.74) is 4.24. The highest BCUT2D eigenvalue weighted by Gasteiger charge is 2.09. The van der Waals surface area contributed by atoms with Crippen molar-refractivity contribution in [2.24, 2.45) is 0 Å². The van der Waals surface area contributed by atoms with E-state index < -0.39 is 0 Å². The summed E-state index contributed by atoms with van der Waals surface area (Å²) in [5, 5.41) is 5.95. The molecule has 1 aromatic heterocycles. The average Bonchev–Trinajstić information content (AvgIpc) is 2.41. The van der Waals surface area contributed by atoms with Crippen LogP contribution in [-0.4, -0.2) is 17.9 Å². The molecule has 4 heteroatoms. The zero-order valence-corrected chi connectivity index (χ0v) is 11.3. The number of carbonyl (C=O) groups is 1. The second kappa shape index (κ2) is 5.52. The summed E-state index contributed by atoms with van der Waals surface area (Å²) in [4.78, 5) is 16.3. The van der Waals surface area contributed by atoms with Gasteiger partial charge in [-0.25, -0.2) is 0 Å². The van der Waals surface area contributed by atoms with Crippen LogP contribution < -0.4 is 10.6 Å². The molecule has 0 fully saturated rings. The lowest BCUT2D eigenvalue weighted by Crippen LogP contribution is -2.13. The molecule has 19 heavy (non-hydrogen) atoms. The Morgan fingerprint density at radius 1 is 1.16 bits per heavy atom. The number of nitrogens with zero attached hydrogens (tertiary/aromatic N) is 1. The van der Waals surface area contributed by atoms with Crippen LogP contribution in [0.2, 0.25) is 0 Å². The van der Waals surface area contributed by atoms with Gasteiger partial charge < -0.3 is 10.6 Å². The third kappa shape index (κ3) is 2.91. The van der Waals surface area contributed by atoms with Crippen LogP contribution in [0.25, 0.3) is 0 Å². The molecule has 0 saturated carbocycles. The molecule has 1 heterocycles. The minimum atomic E-state index is -0.123. The number of carbonyl (C=O) groups excluding carboxylic acids is 1. The van der Waals surface area contributed by atoms with E-state index in [9.17, 15) is 4.79 Å². The van der Waals surface area contributed by atoms with Crippen molar-refractivity contribution >= 4 is 17.3 Å². The Balaban J connectivity index is 2.21. The summed E-state index contributed by atoms with van der Waals surface area (Å²) < 4.78 is 0. The van der Waals surface area contributed by atoms with Crippen LogP contribution in [0.5, 0.6) is 0 Å². The number of hydrogen-bond donors (Lipinski definition) is 2. The second-order valence-electron chi connectivity index (χ2n) is 4.37. The van der Waals surface area contributed by atoms with Crippen LogP contribution in [-0.2, 0) is 0 Å². The minimum absolute atomic E-state index is 0.123. The summed E-state index contributed by atoms with van der Waals surface area (Å²) in [6.45, 7) is 3.84. The predicted octanol–water partition coefficient (Wildman–Crippen LogP) is 2.99. The minimum Gasteiger partial charge on any atom is -0.388 e. The van der Waals surface area contributed by atoms with E-state index in [1.165, 1.54) is 0 Å². The van der Waals surface area contributed by atoms with Gasteiger partial charge in [-0.3, -0.25) is 9.78 Å². The maximum atomic E-state index is 12.2. The van der Waals surface area contributed by atoms with Crippen molar-refractivity contribution in [2.75, 3.05) is 17.7 Å². The van der Waals surface area contributed by atoms with Gasteiger partial charge >= 0.3 is 0 Å². The van der Waals surface area contributed by atoms with Gasteiger partial charge in [0.25, 0.3) is 5.91 Å². The number of amides is 1. The van der Waals surface area contributed by atoms with Crippen LogP contribution in [0, 0.1) is 13.8 Å². The summed E-state index contributed by atoms with van der Waals surface area (Å²) in [6, 6.07) is 9.22. The quantitative estimate of drug-likeness (QED) is 0.886. The number of benzene rings is 1. The van der Waals surface area contributed by atoms with E-state index in [0.29, 0.717) is 5.56 Å². The smallest absolute Gasteiger partial charge is 0.255 e. The van der Waals surface area contributed by atoms with E-state index in [2.05, 4.69) is 15.6 Å². The maximum Gasteiger partial charge on any atom is 0.255 e. The molecular formula is C15H17N3O. The number of hydrogen-bond acceptors (Lipinski definition) is 3. The molecule has 0 spiro atoms. The van der Waals surface area contributed by atoms with Crippen LogP contribution in [0.3, 0.4) is 0 Å². The van der Waals surface area contributed by atoms with E-state index in [-0.39, 0.29) is 5.91 Å². The van der Waals surface area contributed by atoms with E-state index in [1.807, 2.05) is 39.1 Å². The number of aryl methyl sites for hydroxylation is 2. The fourth-order valence-corrected chi connectivity index (χ4v) is 1.90. The van der Waals surface area contributed by atoms with Crippen molar-refractivity contribution in [2.45, 2.75) is 13.8 Å². The molecule has 0 saturated heterocycles. The average molecular weight is 255 g/mol. The third-order valence-corrected chi connectivity index (χ3v) is 3.01. The van der Waals surface area contributed by atoms with E-state index in [0.717, 1.165) is 22.6 Å². The molecule has 98 valence electrons. The Hall–Kier alpha value is -2.36. The highest BCUT2D eigenvalue weighted by molar-refractivity contribution is 6.04. The van der Waals surface area contributed by atoms with Crippen LogP contribution in [0.4, 0.5) is 11.4 Å². The lowest BCUT2D eigenvalue weighted by atomic mass is 10.1. The fraction of sp³-hybridized carbons (Fsp3) is 0.200. The standard InChI is InChI=1S/C15H17N3O/c1-10-9-12(6-7-13(10)16-3)15(19)18-14-5-4-8-17-11(14)2/h4-9,16H,1-3H3,(H,18,19). The summed E-state index contributed by atoms with van der Waals surface area (Å²) >= 11 is 0. The van der Waals surface area contributed by atoms with Gasteiger partial charge in [-0.1, -0.05) is 0 Å². The molecule has 0 aliphatic carbocycles. The number of pyridine rings is 1. The van der Waals surface area contributed by atoms with E-state index >= 15 is 0 Å². The Labute approximate surface area is 112 Å². The summed E-state index contributed by atoms with van der Waals surface area (Å²) in [5.74, 6) is -0.123. The lowest BCUT2D eigenvalue weighted by molar-refractivity contribution is 0.102. The molecule has 1 aromatic carbocycles. The van der Waals surface area contributed by atoms with Crippen molar-refractivity contribution in [1.29, 1.82) is 0 Å². The molecule has 2 aromatic rings. The molecule has 0 unspecified atom stereocenters. The fourth-order valence-electron chi connectivity index (χ4n) is 1.90. The van der Waals surface area contributed by atoms with Crippen molar-refractivity contribution in [3.8, 4) is 0 Å². The van der Waals surface area contributed by atoms with E-state index in [4.69, 9.17) is 0 Å². The Morgan fingerprint density at radius 2 is 1.95 bits per heavy atom. The molecule has 2 rings (SSSR count). The van der Waals surface area contributed by atoms with Crippen molar-refractivity contribution in [3.63, 3.8) is 0 Å². The van der Waals surface area contributed by atoms with Gasteiger partial charge in [0.15, 0.2) is 0 Å². The van der Waals surface area contributed by atoms with Crippen molar-refractivity contribution < 1.29 is 4.79 Å². The SMILES string of the molecule is CNc1ccc(C(=O)Nc2cccnc2C)cc1C. The highest BCUT2D eigenvalue weighted by Crippen LogP contribution is 2.17. The largest absolute Gasteiger partial charge is 0.388 e. The normalized spacial score (nSPS) is 10.1. The number of aromatic nitrogens is 1. The molecule has 0 bridgehead atoms. The van der Waals surface area contributed by atoms with Gasteiger partial charge in [-0.05, 0) is 49.7 Å². The van der Waals surface area contributed by atoms with Gasteiger partial charge in [0.2, 0.25) is 0 Å². The molecule has 0 atom stereocenters. The van der Waals surface area contributed by atoms with Crippen LogP contribution in [0.15, 0.2) is 36.5 Å². The molecule has 0 aliphatic rings. The van der Waals surface area contributed by atoms with Crippen LogP contribution in [0.1, 0.15) is 21.6 Å². The molecule has 0 radical (unpaired) electrons. The number of anilines is 2. The molecule has 4 nitrogen and oxygen atoms in total. The van der Waals surface area contributed by atoms with Gasteiger partial charge in [0.05, 0.1) is 11.4 Å². The van der Waals surface area contributed by atoms with Gasteiger partial charge in [-0.2, -0.15) is 0 Å². The monoisotopic (exact) mass is 255 g/mol. The topological polar surface area (TPSA) is 54.0 Å². The lowest BCUT2D eigenvalue weighted by Gasteiger charge is -2.10. The summed E-state index contributed by atoms with van der Waals surface area (Å²) in [6.07, 6.45) is 1.71. The first kappa shape index (κ1) is 13.1. The van der Waals surface area contributed by atoms with Gasteiger partial charge in [0.1, 0.15) is 0 Å². The Kier molecular flexibility index (Phi) is 3.80.